The van der Waals surface area contributed by atoms with E-state index < -0.39 is 24.0 Å². The molecule has 0 saturated heterocycles. The van der Waals surface area contributed by atoms with E-state index in [1.807, 2.05) is 6.07 Å². The second-order valence-corrected chi connectivity index (χ2v) is 40.8. The van der Waals surface area contributed by atoms with Gasteiger partial charge in [-0.1, -0.05) is 321 Å². The molecule has 2 aliphatic rings. The van der Waals surface area contributed by atoms with Gasteiger partial charge in [0.1, 0.15) is 0 Å². The molecule has 5 heterocycles. The molecule has 0 N–H and O–H groups in total. The minimum Gasteiger partial charge on any atom is -0.452 e. The predicted octanol–water partition coefficient (Wildman–Crippen LogP) is 32.3. The van der Waals surface area contributed by atoms with Crippen molar-refractivity contribution >= 4 is 99.7 Å². The summed E-state index contributed by atoms with van der Waals surface area (Å²) in [7, 11) is 0. The molecule has 19 rings (SSSR count). The van der Waals surface area contributed by atoms with Crippen molar-refractivity contribution in [1.82, 2.24) is 9.13 Å². The largest absolute Gasteiger partial charge is 0.452 e. The van der Waals surface area contributed by atoms with Crippen LogP contribution in [0.3, 0.4) is 0 Å². The van der Waals surface area contributed by atoms with E-state index in [2.05, 4.69) is 407 Å². The van der Waals surface area contributed by atoms with Gasteiger partial charge in [-0.3, -0.25) is 0 Å². The average molecular weight is 1550 g/mol. The van der Waals surface area contributed by atoms with Gasteiger partial charge in [0.15, 0.2) is 11.2 Å². The zero-order valence-corrected chi connectivity index (χ0v) is 72.4. The van der Waals surface area contributed by atoms with Crippen LogP contribution in [0, 0.1) is 0 Å². The number of benzene rings is 14. The number of anilines is 6. The Morgan fingerprint density at radius 3 is 1.13 bits per heavy atom. The molecule has 1 unspecified atom stereocenters. The van der Waals surface area contributed by atoms with E-state index in [4.69, 9.17) is 5.79 Å². The van der Waals surface area contributed by atoms with Crippen molar-refractivity contribution in [3.8, 4) is 55.9 Å². The highest BCUT2D eigenvalue weighted by atomic mass is 16.3. The third-order valence-electron chi connectivity index (χ3n) is 25.4. The summed E-state index contributed by atoms with van der Waals surface area (Å²) in [5.74, 6) is -0.466. The van der Waals surface area contributed by atoms with Crippen LogP contribution in [0.1, 0.15) is 214 Å². The van der Waals surface area contributed by atoms with Crippen molar-refractivity contribution in [3.63, 3.8) is 0 Å². The van der Waals surface area contributed by atoms with Crippen molar-refractivity contribution in [2.24, 2.45) is 0 Å². The quantitative estimate of drug-likeness (QED) is 0.152. The maximum Gasteiger partial charge on any atom is 0.159 e. The number of nitrogens with zero attached hydrogens (tertiary/aromatic N) is 4. The Bertz CT molecular complexity index is 7100. The van der Waals surface area contributed by atoms with Gasteiger partial charge < -0.3 is 23.4 Å². The Labute approximate surface area is 705 Å². The fraction of sp³-hybridized carbons (Fsp3) is 0.257. The molecule has 0 amide bonds. The maximum absolute atomic E-state index is 9.77. The van der Waals surface area contributed by atoms with Crippen LogP contribution in [0.25, 0.3) is 121 Å². The van der Waals surface area contributed by atoms with Gasteiger partial charge in [0, 0.05) is 49.5 Å². The number of hydrogen-bond acceptors (Lipinski definition) is 3. The summed E-state index contributed by atoms with van der Waals surface area (Å²) in [5, 5.41) is 6.54. The maximum atomic E-state index is 9.77. The number of aromatic nitrogens is 2. The Balaban J connectivity index is 0.982. The first-order valence-corrected chi connectivity index (χ1v) is 42.2. The van der Waals surface area contributed by atoms with Crippen molar-refractivity contribution < 1.29 is 11.3 Å². The molecule has 0 fully saturated rings. The molecule has 3 aromatic heterocycles. The third kappa shape index (κ3) is 12.8. The van der Waals surface area contributed by atoms with Gasteiger partial charge in [0.25, 0.3) is 0 Å². The third-order valence-corrected chi connectivity index (χ3v) is 25.4. The van der Waals surface area contributed by atoms with Crippen LogP contribution in [-0.4, -0.2) is 9.13 Å². The van der Waals surface area contributed by atoms with Gasteiger partial charge in [-0.05, 0) is 236 Å². The zero-order valence-electron chi connectivity index (χ0n) is 77.4. The van der Waals surface area contributed by atoms with E-state index >= 15 is 0 Å². The number of fused-ring (bicyclic) bond motifs is 13. The first-order chi connectivity index (χ1) is 58.0. The molecule has 588 valence electrons. The SMILES string of the molecule is [2H]c1c([2H])c([2H])c(-c2ccc3c(c2)N(c2cccc4c2oc2c(-n5c6ccc(C(C)(C)C)cc6c6cc(C(C)(C)C)ccc65)cccc24)c2cc(-n4c5ccc(C(C)(C)C)cc5c5cc(C(C)(C)C)ccc54)cc4c2C3c2ccc(-c3cc(C(C)(C)C)cc(C(C)(C)C)c3)cc2N4c2cc(-c3ccccc3)cc(-c3cccc(C(C)(C)C)c3)c2)c([2H])c1[2H]. The van der Waals surface area contributed by atoms with Gasteiger partial charge in [0.05, 0.1) is 68.7 Å². The monoisotopic (exact) mass is 1540 g/mol. The van der Waals surface area contributed by atoms with Crippen molar-refractivity contribution in [1.29, 1.82) is 0 Å². The topological polar surface area (TPSA) is 29.5 Å². The number of furan rings is 1. The summed E-state index contributed by atoms with van der Waals surface area (Å²) in [6.07, 6.45) is 0. The lowest BCUT2D eigenvalue weighted by Gasteiger charge is -2.45. The highest BCUT2D eigenvalue weighted by molar-refractivity contribution is 6.17. The van der Waals surface area contributed by atoms with E-state index in [0.717, 1.165) is 145 Å². The summed E-state index contributed by atoms with van der Waals surface area (Å²) in [6, 6.07) is 92.2. The fourth-order valence-corrected chi connectivity index (χ4v) is 18.5. The second kappa shape index (κ2) is 26.8. The summed E-state index contributed by atoms with van der Waals surface area (Å²) in [6.45, 7) is 48.3. The van der Waals surface area contributed by atoms with Gasteiger partial charge in [0.2, 0.25) is 0 Å². The van der Waals surface area contributed by atoms with E-state index in [-0.39, 0.29) is 55.6 Å². The lowest BCUT2D eigenvalue weighted by molar-refractivity contribution is 0.569. The average Bonchev–Trinajstić information content (AvgIpc) is 1.29. The lowest BCUT2D eigenvalue weighted by Crippen LogP contribution is -2.29. The van der Waals surface area contributed by atoms with Crippen molar-refractivity contribution in [2.45, 2.75) is 189 Å². The first kappa shape index (κ1) is 70.3. The molecule has 0 bridgehead atoms. The molecule has 5 heteroatoms. The molecule has 0 radical (unpaired) electrons. The predicted molar refractivity (Wildman–Crippen MR) is 505 cm³/mol. The minimum absolute atomic E-state index is 0.104. The number of hydrogen-bond donors (Lipinski definition) is 0. The Hall–Kier alpha value is -11.9. The molecule has 1 atom stereocenters. The Morgan fingerprint density at radius 1 is 0.246 bits per heavy atom. The highest BCUT2D eigenvalue weighted by Crippen LogP contribution is 2.64. The van der Waals surface area contributed by atoms with Crippen LogP contribution in [0.5, 0.6) is 0 Å². The number of rotatable bonds is 8. The summed E-state index contributed by atoms with van der Waals surface area (Å²) < 4.78 is 59.8. The van der Waals surface area contributed by atoms with Crippen LogP contribution in [0.2, 0.25) is 0 Å². The molecule has 0 saturated carbocycles. The highest BCUT2D eigenvalue weighted by Gasteiger charge is 2.44. The van der Waals surface area contributed by atoms with E-state index in [1.165, 1.54) is 49.7 Å². The van der Waals surface area contributed by atoms with Gasteiger partial charge in [-0.15, -0.1) is 0 Å². The summed E-state index contributed by atoms with van der Waals surface area (Å²) in [5.41, 5.74) is 30.9. The summed E-state index contributed by atoms with van der Waals surface area (Å²) in [4.78, 5) is 4.98. The van der Waals surface area contributed by atoms with E-state index in [1.54, 1.807) is 0 Å². The van der Waals surface area contributed by atoms with Gasteiger partial charge in [-0.2, -0.15) is 0 Å². The first-order valence-electron chi connectivity index (χ1n) is 44.7. The summed E-state index contributed by atoms with van der Waals surface area (Å²) >= 11 is 0. The van der Waals surface area contributed by atoms with E-state index in [0.29, 0.717) is 11.1 Å². The second-order valence-electron chi connectivity index (χ2n) is 40.8. The van der Waals surface area contributed by atoms with Gasteiger partial charge in [-0.25, -0.2) is 0 Å². The molecule has 0 spiro atoms. The van der Waals surface area contributed by atoms with Crippen molar-refractivity contribution in [2.75, 3.05) is 9.80 Å². The number of para-hydroxylation sites is 2. The molecule has 0 aliphatic carbocycles. The molecule has 17 aromatic rings. The Kier molecular flexibility index (Phi) is 16.0. The van der Waals surface area contributed by atoms with Crippen LogP contribution in [0.15, 0.2) is 283 Å². The van der Waals surface area contributed by atoms with Crippen LogP contribution in [0.4, 0.5) is 34.1 Å². The normalized spacial score (nSPS) is 14.8. The minimum atomic E-state index is -0.466. The zero-order chi connectivity index (χ0) is 86.9. The molecular formula is C113H110N4O. The van der Waals surface area contributed by atoms with Gasteiger partial charge >= 0.3 is 0 Å². The standard InChI is InChI=1S/C113H110N4O/c1-107(2,3)76-36-28-35-70(54-76)74-53-73(69-33-26-23-27-34-69)57-83(58-74)115-99-60-72(75-55-81(112(16,17)18)61-82(56-75)113(19,20)21)42-48-87(99)103-88-47-41-71(68-31-24-22-25-32-68)59-100(88)117(102-67-84(66-101(115)104(102)103)114-93-49-43-77(108(4,5)6)62-89(93)90-63-78(109(7,8)9)44-50-94(90)114)98-40-30-38-86-85-37-29-39-97(105(85)118-106(86)98)116-95-51-45-79(110(10,11)12)64-91(95)92-65-80(111(13,14)15)46-52-96(92)116/h22-67,103H,1-21H3/i22D,24D,25D,31D,32D. The fourth-order valence-electron chi connectivity index (χ4n) is 18.5. The molecule has 14 aromatic carbocycles. The van der Waals surface area contributed by atoms with Crippen molar-refractivity contribution in [3.05, 3.63) is 335 Å². The lowest BCUT2D eigenvalue weighted by atomic mass is 9.74. The smallest absolute Gasteiger partial charge is 0.159 e. The van der Waals surface area contributed by atoms with Crippen LogP contribution < -0.4 is 9.80 Å². The molecule has 5 nitrogen and oxygen atoms in total. The van der Waals surface area contributed by atoms with Crippen LogP contribution >= 0.6 is 0 Å². The molecule has 2 aliphatic heterocycles. The molecular weight excluding hydrogens is 1430 g/mol. The molecule has 118 heavy (non-hydrogen) atoms. The Morgan fingerprint density at radius 2 is 0.636 bits per heavy atom. The van der Waals surface area contributed by atoms with E-state index in [9.17, 15) is 5.48 Å². The van der Waals surface area contributed by atoms with Crippen LogP contribution in [-0.2, 0) is 37.9 Å².